The number of carbonyl (C=O) groups excluding carboxylic acids is 1. The highest BCUT2D eigenvalue weighted by molar-refractivity contribution is 5.97. The van der Waals surface area contributed by atoms with E-state index in [2.05, 4.69) is 15.0 Å². The number of pyridine rings is 1. The molecule has 0 spiro atoms. The van der Waals surface area contributed by atoms with E-state index in [1.165, 1.54) is 19.4 Å². The Morgan fingerprint density at radius 1 is 1.61 bits per heavy atom. The van der Waals surface area contributed by atoms with Crippen molar-refractivity contribution in [2.45, 2.75) is 20.0 Å². The van der Waals surface area contributed by atoms with Crippen LogP contribution >= 0.6 is 0 Å². The molecule has 1 aromatic rings. The first-order chi connectivity index (χ1) is 8.60. The van der Waals surface area contributed by atoms with Gasteiger partial charge in [0.05, 0.1) is 24.5 Å². The van der Waals surface area contributed by atoms with Crippen LogP contribution in [0.4, 0.5) is 11.5 Å². The molecule has 1 heterocycles. The molecule has 0 saturated carbocycles. The smallest absolute Gasteiger partial charge is 0.340 e. The van der Waals surface area contributed by atoms with E-state index in [4.69, 9.17) is 10.5 Å². The first-order valence-electron chi connectivity index (χ1n) is 5.78. The summed E-state index contributed by atoms with van der Waals surface area (Å²) in [6.45, 7) is 5.08. The minimum atomic E-state index is -0.476. The molecule has 0 aromatic carbocycles. The van der Waals surface area contributed by atoms with Crippen molar-refractivity contribution in [3.05, 3.63) is 17.8 Å². The van der Waals surface area contributed by atoms with Crippen LogP contribution in [0.1, 0.15) is 24.2 Å². The summed E-state index contributed by atoms with van der Waals surface area (Å²) in [6.07, 6.45) is 1.55. The van der Waals surface area contributed by atoms with Crippen LogP contribution in [-0.4, -0.2) is 37.3 Å². The van der Waals surface area contributed by atoms with Crippen LogP contribution in [0.15, 0.2) is 12.3 Å². The van der Waals surface area contributed by atoms with Gasteiger partial charge in [-0.15, -0.1) is 0 Å². The van der Waals surface area contributed by atoms with Gasteiger partial charge in [0.15, 0.2) is 0 Å². The van der Waals surface area contributed by atoms with Gasteiger partial charge in [-0.25, -0.2) is 9.78 Å². The van der Waals surface area contributed by atoms with Crippen molar-refractivity contribution in [1.82, 2.24) is 4.98 Å². The lowest BCUT2D eigenvalue weighted by atomic mass is 10.2. The van der Waals surface area contributed by atoms with E-state index in [0.717, 1.165) is 0 Å². The number of nitrogens with one attached hydrogen (secondary N) is 1. The van der Waals surface area contributed by atoms with Crippen molar-refractivity contribution in [2.75, 3.05) is 31.3 Å². The molecule has 1 rings (SSSR count). The quantitative estimate of drug-likeness (QED) is 0.743. The average molecular weight is 253 g/mol. The van der Waals surface area contributed by atoms with Crippen LogP contribution in [0.5, 0.6) is 0 Å². The molecule has 0 radical (unpaired) electrons. The maximum absolute atomic E-state index is 11.4. The number of anilines is 2. The molecule has 100 valence electrons. The first kappa shape index (κ1) is 14.2. The van der Waals surface area contributed by atoms with Crippen LogP contribution in [-0.2, 0) is 9.47 Å². The van der Waals surface area contributed by atoms with Gasteiger partial charge in [0, 0.05) is 19.3 Å². The maximum atomic E-state index is 11.4. The Morgan fingerprint density at radius 2 is 2.33 bits per heavy atom. The van der Waals surface area contributed by atoms with Crippen LogP contribution in [0, 0.1) is 0 Å². The molecule has 0 amide bonds. The summed E-state index contributed by atoms with van der Waals surface area (Å²) in [5, 5.41) is 3.05. The molecule has 0 aliphatic heterocycles. The Balaban J connectivity index is 2.75. The van der Waals surface area contributed by atoms with Gasteiger partial charge in [-0.3, -0.25) is 0 Å². The largest absolute Gasteiger partial charge is 0.465 e. The lowest BCUT2D eigenvalue weighted by molar-refractivity contribution is 0.0602. The molecular weight excluding hydrogens is 234 g/mol. The Bertz CT molecular complexity index is 410. The number of ether oxygens (including phenoxy) is 2. The monoisotopic (exact) mass is 253 g/mol. The molecule has 0 saturated heterocycles. The number of rotatable bonds is 6. The summed E-state index contributed by atoms with van der Waals surface area (Å²) < 4.78 is 10.0. The number of esters is 1. The van der Waals surface area contributed by atoms with E-state index in [-0.39, 0.29) is 11.8 Å². The van der Waals surface area contributed by atoms with Crippen LogP contribution < -0.4 is 11.1 Å². The predicted octanol–water partition coefficient (Wildman–Crippen LogP) is 1.29. The number of nitrogen functional groups attached to an aromatic ring is 1. The van der Waals surface area contributed by atoms with E-state index >= 15 is 0 Å². The van der Waals surface area contributed by atoms with Crippen LogP contribution in [0.2, 0.25) is 0 Å². The van der Waals surface area contributed by atoms with Gasteiger partial charge in [0.1, 0.15) is 5.82 Å². The van der Waals surface area contributed by atoms with Crippen LogP contribution in [0.3, 0.4) is 0 Å². The topological polar surface area (TPSA) is 86.5 Å². The fourth-order valence-electron chi connectivity index (χ4n) is 1.49. The summed E-state index contributed by atoms with van der Waals surface area (Å²) in [7, 11) is 1.31. The zero-order valence-electron chi connectivity index (χ0n) is 10.9. The van der Waals surface area contributed by atoms with Gasteiger partial charge < -0.3 is 20.5 Å². The molecule has 1 unspecified atom stereocenters. The Labute approximate surface area is 106 Å². The van der Waals surface area contributed by atoms with Gasteiger partial charge in [-0.1, -0.05) is 0 Å². The molecule has 1 atom stereocenters. The zero-order valence-corrected chi connectivity index (χ0v) is 10.9. The normalized spacial score (nSPS) is 11.9. The Kier molecular flexibility index (Phi) is 5.38. The van der Waals surface area contributed by atoms with Crippen molar-refractivity contribution < 1.29 is 14.3 Å². The summed E-state index contributed by atoms with van der Waals surface area (Å²) in [5.41, 5.74) is 6.44. The molecule has 0 bridgehead atoms. The van der Waals surface area contributed by atoms with E-state index in [1.54, 1.807) is 0 Å². The summed E-state index contributed by atoms with van der Waals surface area (Å²) >= 11 is 0. The number of carbonyl (C=O) groups is 1. The van der Waals surface area contributed by atoms with Crippen molar-refractivity contribution in [3.8, 4) is 0 Å². The van der Waals surface area contributed by atoms with Gasteiger partial charge >= 0.3 is 5.97 Å². The highest BCUT2D eigenvalue weighted by Gasteiger charge is 2.14. The van der Waals surface area contributed by atoms with Gasteiger partial charge in [-0.05, 0) is 19.9 Å². The number of nitrogens with zero attached hydrogens (tertiary/aromatic N) is 1. The molecule has 1 aromatic heterocycles. The highest BCUT2D eigenvalue weighted by Crippen LogP contribution is 2.20. The SMILES string of the molecule is CCOC(C)CNc1nccc(C(=O)OC)c1N. The van der Waals surface area contributed by atoms with Gasteiger partial charge in [-0.2, -0.15) is 0 Å². The maximum Gasteiger partial charge on any atom is 0.340 e. The third-order valence-electron chi connectivity index (χ3n) is 2.40. The van der Waals surface area contributed by atoms with E-state index in [0.29, 0.717) is 24.5 Å². The molecule has 0 aliphatic carbocycles. The third kappa shape index (κ3) is 3.59. The van der Waals surface area contributed by atoms with Crippen molar-refractivity contribution in [3.63, 3.8) is 0 Å². The summed E-state index contributed by atoms with van der Waals surface area (Å²) in [4.78, 5) is 15.5. The third-order valence-corrected chi connectivity index (χ3v) is 2.40. The molecule has 6 nitrogen and oxygen atoms in total. The number of nitrogens with two attached hydrogens (primary N) is 1. The number of aromatic nitrogens is 1. The highest BCUT2D eigenvalue weighted by atomic mass is 16.5. The lowest BCUT2D eigenvalue weighted by Crippen LogP contribution is -2.21. The van der Waals surface area contributed by atoms with Crippen molar-refractivity contribution in [2.24, 2.45) is 0 Å². The number of methoxy groups -OCH3 is 1. The van der Waals surface area contributed by atoms with Crippen LogP contribution in [0.25, 0.3) is 0 Å². The fourth-order valence-corrected chi connectivity index (χ4v) is 1.49. The summed E-state index contributed by atoms with van der Waals surface area (Å²) in [5.74, 6) is -0.0136. The molecular formula is C12H19N3O3. The van der Waals surface area contributed by atoms with Crippen molar-refractivity contribution in [1.29, 1.82) is 0 Å². The molecule has 0 fully saturated rings. The number of hydrogen-bond acceptors (Lipinski definition) is 6. The standard InChI is InChI=1S/C12H19N3O3/c1-4-18-8(2)7-15-11-10(13)9(5-6-14-11)12(16)17-3/h5-6,8H,4,7,13H2,1-3H3,(H,14,15). The van der Waals surface area contributed by atoms with Gasteiger partial charge in [0.25, 0.3) is 0 Å². The predicted molar refractivity (Wildman–Crippen MR) is 69.6 cm³/mol. The van der Waals surface area contributed by atoms with E-state index in [1.807, 2.05) is 13.8 Å². The number of hydrogen-bond donors (Lipinski definition) is 2. The Hall–Kier alpha value is -1.82. The average Bonchev–Trinajstić information content (AvgIpc) is 2.37. The molecule has 18 heavy (non-hydrogen) atoms. The minimum absolute atomic E-state index is 0.0398. The first-order valence-corrected chi connectivity index (χ1v) is 5.78. The van der Waals surface area contributed by atoms with Gasteiger partial charge in [0.2, 0.25) is 0 Å². The van der Waals surface area contributed by atoms with E-state index < -0.39 is 5.97 Å². The molecule has 0 aliphatic rings. The second-order valence-corrected chi connectivity index (χ2v) is 3.76. The second kappa shape index (κ2) is 6.80. The molecule has 6 heteroatoms. The zero-order chi connectivity index (χ0) is 13.5. The van der Waals surface area contributed by atoms with Crippen molar-refractivity contribution >= 4 is 17.5 Å². The second-order valence-electron chi connectivity index (χ2n) is 3.76. The van der Waals surface area contributed by atoms with E-state index in [9.17, 15) is 4.79 Å². The fraction of sp³-hybridized carbons (Fsp3) is 0.500. The summed E-state index contributed by atoms with van der Waals surface area (Å²) in [6, 6.07) is 1.53. The Morgan fingerprint density at radius 3 is 2.94 bits per heavy atom. The minimum Gasteiger partial charge on any atom is -0.465 e. The molecule has 3 N–H and O–H groups in total. The lowest BCUT2D eigenvalue weighted by Gasteiger charge is -2.15.